The molecule has 1 amide bonds. The molecule has 0 spiro atoms. The van der Waals surface area contributed by atoms with Gasteiger partial charge in [0.15, 0.2) is 21.3 Å². The van der Waals surface area contributed by atoms with Crippen LogP contribution in [0.5, 0.6) is 5.88 Å². The molecule has 0 saturated carbocycles. The Morgan fingerprint density at radius 3 is 2.52 bits per heavy atom. The van der Waals surface area contributed by atoms with E-state index in [4.69, 9.17) is 16.3 Å². The van der Waals surface area contributed by atoms with Crippen molar-refractivity contribution < 1.29 is 22.3 Å². The first kappa shape index (κ1) is 23.8. The molecule has 33 heavy (non-hydrogen) atoms. The van der Waals surface area contributed by atoms with Crippen LogP contribution in [0.25, 0.3) is 0 Å². The van der Waals surface area contributed by atoms with Crippen LogP contribution in [0.15, 0.2) is 41.4 Å². The molecule has 3 atom stereocenters. The molecule has 1 aromatic heterocycles. The molecule has 2 aliphatic heterocycles. The summed E-state index contributed by atoms with van der Waals surface area (Å²) >= 11 is 5.73. The maximum absolute atomic E-state index is 14.1. The number of fused-ring (bicyclic) bond motifs is 2. The van der Waals surface area contributed by atoms with Crippen LogP contribution in [-0.4, -0.2) is 49.3 Å². The Morgan fingerprint density at radius 1 is 1.24 bits per heavy atom. The van der Waals surface area contributed by atoms with Gasteiger partial charge in [-0.05, 0) is 63.8 Å². The lowest BCUT2D eigenvalue weighted by atomic mass is 9.95. The molecule has 10 heteroatoms. The highest BCUT2D eigenvalue weighted by molar-refractivity contribution is 7.90. The zero-order chi connectivity index (χ0) is 24.0. The van der Waals surface area contributed by atoms with E-state index >= 15 is 0 Å². The Balaban J connectivity index is 1.43. The summed E-state index contributed by atoms with van der Waals surface area (Å²) in [6.45, 7) is 3.14. The van der Waals surface area contributed by atoms with Gasteiger partial charge in [0.25, 0.3) is 11.8 Å². The first-order valence-electron chi connectivity index (χ1n) is 10.8. The monoisotopic (exact) mass is 495 g/mol. The van der Waals surface area contributed by atoms with E-state index in [0.717, 1.165) is 37.4 Å². The second-order valence-corrected chi connectivity index (χ2v) is 11.7. The summed E-state index contributed by atoms with van der Waals surface area (Å²) in [7, 11) is -3.29. The summed E-state index contributed by atoms with van der Waals surface area (Å²) in [5.74, 6) is -1.36. The van der Waals surface area contributed by atoms with E-state index < -0.39 is 21.3 Å². The van der Waals surface area contributed by atoms with Crippen molar-refractivity contribution in [1.29, 1.82) is 0 Å². The van der Waals surface area contributed by atoms with Crippen molar-refractivity contribution in [1.82, 2.24) is 10.3 Å². The molecule has 1 unspecified atom stereocenters. The van der Waals surface area contributed by atoms with Gasteiger partial charge in [-0.1, -0.05) is 17.7 Å². The molecule has 3 heterocycles. The highest BCUT2D eigenvalue weighted by atomic mass is 35.5. The van der Waals surface area contributed by atoms with Crippen LogP contribution >= 0.6 is 11.6 Å². The third kappa shape index (κ3) is 5.09. The van der Waals surface area contributed by atoms with E-state index in [1.54, 1.807) is 32.0 Å². The van der Waals surface area contributed by atoms with Crippen LogP contribution in [-0.2, 0) is 14.6 Å². The predicted octanol–water partition coefficient (Wildman–Crippen LogP) is 3.75. The van der Waals surface area contributed by atoms with E-state index in [9.17, 15) is 17.6 Å². The van der Waals surface area contributed by atoms with Crippen LogP contribution in [0.2, 0.25) is 5.02 Å². The molecule has 4 rings (SSSR count). The van der Waals surface area contributed by atoms with E-state index in [0.29, 0.717) is 4.90 Å². The van der Waals surface area contributed by atoms with Gasteiger partial charge in [-0.25, -0.2) is 17.8 Å². The van der Waals surface area contributed by atoms with E-state index in [1.165, 1.54) is 12.5 Å². The van der Waals surface area contributed by atoms with Gasteiger partial charge in [-0.15, -0.1) is 0 Å². The van der Waals surface area contributed by atoms with Crippen molar-refractivity contribution in [2.45, 2.75) is 68.2 Å². The van der Waals surface area contributed by atoms with Crippen molar-refractivity contribution in [3.8, 4) is 5.88 Å². The Kier molecular flexibility index (Phi) is 6.30. The second kappa shape index (κ2) is 8.76. The van der Waals surface area contributed by atoms with Crippen molar-refractivity contribution >= 4 is 33.0 Å². The normalized spacial score (nSPS) is 22.8. The number of amides is 1. The fourth-order valence-corrected chi connectivity index (χ4v) is 5.52. The molecular weight excluding hydrogens is 469 g/mol. The van der Waals surface area contributed by atoms with Gasteiger partial charge in [-0.3, -0.25) is 4.79 Å². The Labute approximate surface area is 198 Å². The number of sulfone groups is 1. The lowest BCUT2D eigenvalue weighted by molar-refractivity contribution is -0.135. The zero-order valence-corrected chi connectivity index (χ0v) is 20.3. The average Bonchev–Trinajstić information content (AvgIpc) is 3.00. The first-order valence-corrected chi connectivity index (χ1v) is 13.1. The molecular formula is C23H27ClFN3O4S. The topological polar surface area (TPSA) is 88.6 Å². The lowest BCUT2D eigenvalue weighted by Crippen LogP contribution is -2.55. The summed E-state index contributed by atoms with van der Waals surface area (Å²) < 4.78 is 43.6. The highest BCUT2D eigenvalue weighted by Crippen LogP contribution is 2.40. The molecule has 1 N–H and O–H groups in total. The second-order valence-electron chi connectivity index (χ2n) is 9.26. The predicted molar refractivity (Wildman–Crippen MR) is 124 cm³/mol. The summed E-state index contributed by atoms with van der Waals surface area (Å²) in [6, 6.07) is 8.45. The van der Waals surface area contributed by atoms with Gasteiger partial charge in [0, 0.05) is 36.3 Å². The van der Waals surface area contributed by atoms with E-state index in [2.05, 4.69) is 15.2 Å². The number of pyridine rings is 1. The Bertz CT molecular complexity index is 1160. The molecule has 2 bridgehead atoms. The molecule has 0 aliphatic carbocycles. The number of piperidine rings is 1. The molecule has 2 fully saturated rings. The number of nitrogens with one attached hydrogen (secondary N) is 1. The van der Waals surface area contributed by atoms with Crippen molar-refractivity contribution in [2.75, 3.05) is 11.2 Å². The molecule has 178 valence electrons. The van der Waals surface area contributed by atoms with Crippen molar-refractivity contribution in [2.24, 2.45) is 0 Å². The van der Waals surface area contributed by atoms with Crippen molar-refractivity contribution in [3.63, 3.8) is 0 Å². The number of aromatic nitrogens is 1. The summed E-state index contributed by atoms with van der Waals surface area (Å²) in [5, 5.41) is 3.20. The lowest BCUT2D eigenvalue weighted by Gasteiger charge is -2.41. The number of carbonyl (C=O) groups excluding carboxylic acids is 1. The third-order valence-corrected chi connectivity index (χ3v) is 7.60. The Morgan fingerprint density at radius 2 is 1.91 bits per heavy atom. The molecule has 7 nitrogen and oxygen atoms in total. The highest BCUT2D eigenvalue weighted by Gasteiger charge is 2.43. The van der Waals surface area contributed by atoms with E-state index in [1.807, 2.05) is 6.07 Å². The molecule has 2 aliphatic rings. The number of hydrogen-bond acceptors (Lipinski definition) is 6. The van der Waals surface area contributed by atoms with Crippen LogP contribution in [0.4, 0.5) is 10.1 Å². The summed E-state index contributed by atoms with van der Waals surface area (Å²) in [5.41, 5.74) is -0.440. The average molecular weight is 496 g/mol. The van der Waals surface area contributed by atoms with Crippen LogP contribution < -0.4 is 15.0 Å². The van der Waals surface area contributed by atoms with Crippen molar-refractivity contribution in [3.05, 3.63) is 47.4 Å². The van der Waals surface area contributed by atoms with Gasteiger partial charge in [0.1, 0.15) is 0 Å². The largest absolute Gasteiger partial charge is 0.459 e. The van der Waals surface area contributed by atoms with Gasteiger partial charge < -0.3 is 15.0 Å². The summed E-state index contributed by atoms with van der Waals surface area (Å²) in [6.07, 6.45) is 5.88. The third-order valence-electron chi connectivity index (χ3n) is 6.28. The Hall–Kier alpha value is -2.39. The maximum Gasteiger partial charge on any atom is 0.263 e. The first-order chi connectivity index (χ1) is 15.4. The fourth-order valence-electron chi connectivity index (χ4n) is 4.72. The quantitative estimate of drug-likeness (QED) is 0.656. The van der Waals surface area contributed by atoms with Crippen LogP contribution in [0.3, 0.4) is 0 Å². The SMILES string of the molecule is CC(C)(Oc1ncc(Cl)cc1F)C(=O)NC1C[C@H]2CC[C@@H](C1)N2c1cccc(S(C)(=O)=O)c1. The molecule has 0 radical (unpaired) electrons. The van der Waals surface area contributed by atoms with Gasteiger partial charge in [0.2, 0.25) is 0 Å². The smallest absolute Gasteiger partial charge is 0.263 e. The molecule has 2 aromatic rings. The minimum atomic E-state index is -3.29. The number of nitrogens with zero attached hydrogens (tertiary/aromatic N) is 2. The number of rotatable bonds is 6. The van der Waals surface area contributed by atoms with E-state index in [-0.39, 0.29) is 34.9 Å². The van der Waals surface area contributed by atoms with Gasteiger partial charge in [-0.2, -0.15) is 0 Å². The number of anilines is 1. The number of benzene rings is 1. The van der Waals surface area contributed by atoms with Crippen LogP contribution in [0.1, 0.15) is 39.5 Å². The molecule has 2 saturated heterocycles. The number of ether oxygens (including phenoxy) is 1. The maximum atomic E-state index is 14.1. The van der Waals surface area contributed by atoms with Gasteiger partial charge >= 0.3 is 0 Å². The minimum Gasteiger partial charge on any atom is -0.459 e. The zero-order valence-electron chi connectivity index (χ0n) is 18.7. The molecule has 1 aromatic carbocycles. The van der Waals surface area contributed by atoms with Crippen LogP contribution in [0, 0.1) is 5.82 Å². The standard InChI is InChI=1S/C23H27ClFN3O4S/c1-23(2,32-21-20(25)9-14(24)13-26-21)22(29)27-15-10-17-7-8-18(11-15)28(17)16-5-4-6-19(12-16)33(3,30)31/h4-6,9,12-13,15,17-18H,7-8,10-11H2,1-3H3,(H,27,29)/t15?,17-,18+. The number of halogens is 2. The fraction of sp³-hybridized carbons (Fsp3) is 0.478. The van der Waals surface area contributed by atoms with Gasteiger partial charge in [0.05, 0.1) is 9.92 Å². The number of hydrogen-bond donors (Lipinski definition) is 1. The minimum absolute atomic E-state index is 0.0600. The number of carbonyl (C=O) groups is 1. The summed E-state index contributed by atoms with van der Waals surface area (Å²) in [4.78, 5) is 19.4.